The minimum atomic E-state index is -5.14. The molecule has 0 bridgehead atoms. The standard InChI is InChI=1S/C26H23F7N2O2/c1-15-2-7-17(8-3-15)23(24(34)36)35-21(13-6-16-4-10-19(11-5-16)25(28,29)30)18-9-12-20(27)22(14-18)37-26(31,32)33/h2-5,7-12,14,21,23,35H,6,13H2,1H3,(H2,34,36)/t21-,23?/m1/s1. The minimum absolute atomic E-state index is 0.123. The van der Waals surface area contributed by atoms with E-state index in [0.29, 0.717) is 11.1 Å². The molecule has 0 heterocycles. The molecule has 11 heteroatoms. The number of amides is 1. The summed E-state index contributed by atoms with van der Waals surface area (Å²) < 4.78 is 94.7. The number of primary amides is 1. The van der Waals surface area contributed by atoms with Crippen LogP contribution in [0.1, 0.15) is 46.3 Å². The van der Waals surface area contributed by atoms with Crippen molar-refractivity contribution in [2.24, 2.45) is 5.73 Å². The smallest absolute Gasteiger partial charge is 0.403 e. The SMILES string of the molecule is Cc1ccc(C(N[C@H](CCc2ccc(C(F)(F)F)cc2)c2ccc(F)c(OC(F)(F)F)c2)C(N)=O)cc1. The van der Waals surface area contributed by atoms with Crippen LogP contribution < -0.4 is 15.8 Å². The van der Waals surface area contributed by atoms with Crippen molar-refractivity contribution in [3.63, 3.8) is 0 Å². The van der Waals surface area contributed by atoms with Gasteiger partial charge in [-0.2, -0.15) is 13.2 Å². The molecule has 0 radical (unpaired) electrons. The van der Waals surface area contributed by atoms with Gasteiger partial charge in [0.15, 0.2) is 11.6 Å². The largest absolute Gasteiger partial charge is 0.573 e. The normalized spacial score (nSPS) is 13.7. The Labute approximate surface area is 208 Å². The van der Waals surface area contributed by atoms with Crippen LogP contribution in [0.25, 0.3) is 0 Å². The van der Waals surface area contributed by atoms with E-state index in [9.17, 15) is 35.5 Å². The molecule has 0 saturated carbocycles. The van der Waals surface area contributed by atoms with Gasteiger partial charge in [-0.25, -0.2) is 4.39 Å². The van der Waals surface area contributed by atoms with Crippen LogP contribution in [-0.4, -0.2) is 12.3 Å². The molecule has 0 aliphatic heterocycles. The molecule has 0 spiro atoms. The van der Waals surface area contributed by atoms with Gasteiger partial charge in [-0.15, -0.1) is 13.2 Å². The summed E-state index contributed by atoms with van der Waals surface area (Å²) in [6, 6.07) is 12.2. The molecule has 3 N–H and O–H groups in total. The van der Waals surface area contributed by atoms with Crippen molar-refractivity contribution < 1.29 is 40.3 Å². The van der Waals surface area contributed by atoms with E-state index in [1.807, 2.05) is 6.92 Å². The van der Waals surface area contributed by atoms with E-state index in [1.54, 1.807) is 24.3 Å². The van der Waals surface area contributed by atoms with Crippen LogP contribution in [-0.2, 0) is 17.4 Å². The fourth-order valence-electron chi connectivity index (χ4n) is 3.76. The number of nitrogens with two attached hydrogens (primary N) is 1. The lowest BCUT2D eigenvalue weighted by Gasteiger charge is -2.26. The minimum Gasteiger partial charge on any atom is -0.403 e. The Balaban J connectivity index is 1.93. The molecule has 2 atom stereocenters. The summed E-state index contributed by atoms with van der Waals surface area (Å²) in [5, 5.41) is 3.01. The average molecular weight is 528 g/mol. The Morgan fingerprint density at radius 2 is 1.51 bits per heavy atom. The molecule has 3 rings (SSSR count). The maximum atomic E-state index is 14.0. The van der Waals surface area contributed by atoms with Crippen LogP contribution in [0.2, 0.25) is 0 Å². The number of aryl methyl sites for hydroxylation is 2. The molecule has 1 unspecified atom stereocenters. The molecule has 198 valence electrons. The summed E-state index contributed by atoms with van der Waals surface area (Å²) in [6.07, 6.45) is -9.34. The van der Waals surface area contributed by atoms with E-state index in [0.717, 1.165) is 29.8 Å². The lowest BCUT2D eigenvalue weighted by Crippen LogP contribution is -2.36. The molecular weight excluding hydrogens is 505 g/mol. The second-order valence-corrected chi connectivity index (χ2v) is 8.44. The Morgan fingerprint density at radius 3 is 2.05 bits per heavy atom. The summed E-state index contributed by atoms with van der Waals surface area (Å²) in [5.41, 5.74) is 6.85. The lowest BCUT2D eigenvalue weighted by atomic mass is 9.95. The number of carbonyl (C=O) groups is 1. The summed E-state index contributed by atoms with van der Waals surface area (Å²) in [7, 11) is 0. The molecule has 4 nitrogen and oxygen atoms in total. The van der Waals surface area contributed by atoms with E-state index in [4.69, 9.17) is 5.73 Å². The number of carbonyl (C=O) groups excluding carboxylic acids is 1. The van der Waals surface area contributed by atoms with Gasteiger partial charge in [-0.05, 0) is 60.7 Å². The van der Waals surface area contributed by atoms with E-state index < -0.39 is 47.7 Å². The lowest BCUT2D eigenvalue weighted by molar-refractivity contribution is -0.275. The predicted octanol–water partition coefficient (Wildman–Crippen LogP) is 6.54. The van der Waals surface area contributed by atoms with Gasteiger partial charge in [-0.1, -0.05) is 48.0 Å². The maximum Gasteiger partial charge on any atom is 0.573 e. The zero-order chi connectivity index (χ0) is 27.4. The summed E-state index contributed by atoms with van der Waals surface area (Å²) >= 11 is 0. The second kappa shape index (κ2) is 11.2. The van der Waals surface area contributed by atoms with Crippen molar-refractivity contribution in [2.75, 3.05) is 0 Å². The van der Waals surface area contributed by atoms with Crippen molar-refractivity contribution in [3.05, 3.63) is 100 Å². The summed E-state index contributed by atoms with van der Waals surface area (Å²) in [5.74, 6) is -3.07. The third-order valence-electron chi connectivity index (χ3n) is 5.65. The molecular formula is C26H23F7N2O2. The van der Waals surface area contributed by atoms with Gasteiger partial charge in [0.05, 0.1) is 5.56 Å². The molecule has 0 aromatic heterocycles. The third-order valence-corrected chi connectivity index (χ3v) is 5.65. The second-order valence-electron chi connectivity index (χ2n) is 8.44. The number of hydrogen-bond acceptors (Lipinski definition) is 3. The monoisotopic (exact) mass is 528 g/mol. The summed E-state index contributed by atoms with van der Waals surface area (Å²) in [6.45, 7) is 1.84. The van der Waals surface area contributed by atoms with Crippen molar-refractivity contribution in [1.29, 1.82) is 0 Å². The highest BCUT2D eigenvalue weighted by Gasteiger charge is 2.33. The number of hydrogen-bond donors (Lipinski definition) is 2. The average Bonchev–Trinajstić information content (AvgIpc) is 2.80. The van der Waals surface area contributed by atoms with Crippen molar-refractivity contribution >= 4 is 5.91 Å². The molecule has 0 aliphatic rings. The molecule has 0 saturated heterocycles. The molecule has 0 aliphatic carbocycles. The van der Waals surface area contributed by atoms with Crippen LogP contribution in [0.5, 0.6) is 5.75 Å². The van der Waals surface area contributed by atoms with Crippen molar-refractivity contribution in [2.45, 2.75) is 44.4 Å². The fraction of sp³-hybridized carbons (Fsp3) is 0.269. The van der Waals surface area contributed by atoms with E-state index in [-0.39, 0.29) is 18.4 Å². The highest BCUT2D eigenvalue weighted by Crippen LogP contribution is 2.32. The first-order valence-corrected chi connectivity index (χ1v) is 11.1. The predicted molar refractivity (Wildman–Crippen MR) is 122 cm³/mol. The summed E-state index contributed by atoms with van der Waals surface area (Å²) in [4.78, 5) is 12.3. The van der Waals surface area contributed by atoms with E-state index in [2.05, 4.69) is 10.1 Å². The van der Waals surface area contributed by atoms with Crippen LogP contribution >= 0.6 is 0 Å². The molecule has 3 aromatic carbocycles. The van der Waals surface area contributed by atoms with Gasteiger partial charge in [0, 0.05) is 6.04 Å². The Hall–Kier alpha value is -3.60. The van der Waals surface area contributed by atoms with Crippen LogP contribution in [0, 0.1) is 12.7 Å². The van der Waals surface area contributed by atoms with Gasteiger partial charge in [0.1, 0.15) is 6.04 Å². The highest BCUT2D eigenvalue weighted by atomic mass is 19.4. The van der Waals surface area contributed by atoms with Gasteiger partial charge < -0.3 is 10.5 Å². The maximum absolute atomic E-state index is 14.0. The molecule has 0 fully saturated rings. The van der Waals surface area contributed by atoms with Crippen LogP contribution in [0.4, 0.5) is 30.7 Å². The number of ether oxygens (including phenoxy) is 1. The Kier molecular flexibility index (Phi) is 8.47. The topological polar surface area (TPSA) is 64.3 Å². The molecule has 1 amide bonds. The first-order valence-electron chi connectivity index (χ1n) is 11.1. The van der Waals surface area contributed by atoms with Crippen LogP contribution in [0.3, 0.4) is 0 Å². The highest BCUT2D eigenvalue weighted by molar-refractivity contribution is 5.81. The van der Waals surface area contributed by atoms with E-state index >= 15 is 0 Å². The van der Waals surface area contributed by atoms with Gasteiger partial charge >= 0.3 is 12.5 Å². The first-order chi connectivity index (χ1) is 17.2. The number of halogens is 7. The Morgan fingerprint density at radius 1 is 0.919 bits per heavy atom. The molecule has 37 heavy (non-hydrogen) atoms. The number of rotatable bonds is 9. The third kappa shape index (κ3) is 7.94. The quantitative estimate of drug-likeness (QED) is 0.310. The van der Waals surface area contributed by atoms with Gasteiger partial charge in [-0.3, -0.25) is 10.1 Å². The van der Waals surface area contributed by atoms with Crippen LogP contribution in [0.15, 0.2) is 66.7 Å². The van der Waals surface area contributed by atoms with Crippen molar-refractivity contribution in [1.82, 2.24) is 5.32 Å². The number of nitrogens with one attached hydrogen (secondary N) is 1. The first kappa shape index (κ1) is 28.0. The van der Waals surface area contributed by atoms with Gasteiger partial charge in [0.25, 0.3) is 0 Å². The fourth-order valence-corrected chi connectivity index (χ4v) is 3.76. The van der Waals surface area contributed by atoms with Gasteiger partial charge in [0.2, 0.25) is 5.91 Å². The van der Waals surface area contributed by atoms with Crippen molar-refractivity contribution in [3.8, 4) is 5.75 Å². The molecule has 3 aromatic rings. The zero-order valence-corrected chi connectivity index (χ0v) is 19.5. The Bertz CT molecular complexity index is 1210. The number of benzene rings is 3. The number of alkyl halides is 6. The van der Waals surface area contributed by atoms with E-state index in [1.165, 1.54) is 18.2 Å². The zero-order valence-electron chi connectivity index (χ0n) is 19.5.